The zero-order chi connectivity index (χ0) is 12.4. The van der Waals surface area contributed by atoms with Crippen LogP contribution in [0.2, 0.25) is 0 Å². The predicted octanol–water partition coefficient (Wildman–Crippen LogP) is 0.563. The lowest BCUT2D eigenvalue weighted by atomic mass is 10.3. The monoisotopic (exact) mass is 249 g/mol. The predicted molar refractivity (Wildman–Crippen MR) is 63.2 cm³/mol. The number of thioether (sulfide) groups is 1. The molecular weight excluding hydrogens is 230 g/mol. The fourth-order valence-electron chi connectivity index (χ4n) is 0.948. The lowest BCUT2D eigenvalue weighted by molar-refractivity contribution is -0.144. The summed E-state index contributed by atoms with van der Waals surface area (Å²) in [5.41, 5.74) is 5.58. The highest BCUT2D eigenvalue weighted by atomic mass is 32.2. The molecule has 0 saturated carbocycles. The molecule has 94 valence electrons. The molecule has 16 heavy (non-hydrogen) atoms. The zero-order valence-corrected chi connectivity index (χ0v) is 10.5. The Kier molecular flexibility index (Phi) is 9.03. The molecular formula is C10H19NO4S. The topological polar surface area (TPSA) is 78.6 Å². The molecule has 0 rings (SSSR count). The first kappa shape index (κ1) is 15.2. The quantitative estimate of drug-likeness (QED) is 0.500. The molecule has 0 aromatic heterocycles. The smallest absolute Gasteiger partial charge is 0.323 e. The second-order valence-corrected chi connectivity index (χ2v) is 4.26. The van der Waals surface area contributed by atoms with Crippen LogP contribution in [0.25, 0.3) is 0 Å². The molecule has 0 aromatic rings. The zero-order valence-electron chi connectivity index (χ0n) is 9.73. The van der Waals surface area contributed by atoms with Gasteiger partial charge >= 0.3 is 11.9 Å². The number of hydrogen-bond donors (Lipinski definition) is 1. The van der Waals surface area contributed by atoms with E-state index in [4.69, 9.17) is 10.5 Å². The first-order valence-corrected chi connectivity index (χ1v) is 6.34. The van der Waals surface area contributed by atoms with E-state index in [2.05, 4.69) is 4.74 Å². The summed E-state index contributed by atoms with van der Waals surface area (Å²) >= 11 is 1.53. The number of ether oxygens (including phenoxy) is 2. The molecule has 0 heterocycles. The van der Waals surface area contributed by atoms with Crippen LogP contribution in [0.5, 0.6) is 0 Å². The molecule has 2 N–H and O–H groups in total. The van der Waals surface area contributed by atoms with E-state index < -0.39 is 6.04 Å². The Morgan fingerprint density at radius 2 is 2.12 bits per heavy atom. The molecule has 0 fully saturated rings. The summed E-state index contributed by atoms with van der Waals surface area (Å²) in [6.45, 7) is 2.09. The third-order valence-electron chi connectivity index (χ3n) is 1.78. The van der Waals surface area contributed by atoms with Crippen molar-refractivity contribution in [3.05, 3.63) is 0 Å². The summed E-state index contributed by atoms with van der Waals surface area (Å²) in [4.78, 5) is 21.9. The number of carbonyl (C=O) groups excluding carboxylic acids is 2. The van der Waals surface area contributed by atoms with E-state index in [0.29, 0.717) is 18.8 Å². The van der Waals surface area contributed by atoms with Crippen molar-refractivity contribution in [1.29, 1.82) is 0 Å². The fourth-order valence-corrected chi connectivity index (χ4v) is 1.85. The maximum Gasteiger partial charge on any atom is 0.323 e. The largest absolute Gasteiger partial charge is 0.469 e. The Morgan fingerprint density at radius 1 is 1.44 bits per heavy atom. The minimum atomic E-state index is -0.580. The van der Waals surface area contributed by atoms with Crippen LogP contribution in [0.3, 0.4) is 0 Å². The van der Waals surface area contributed by atoms with Gasteiger partial charge in [-0.3, -0.25) is 9.59 Å². The van der Waals surface area contributed by atoms with Crippen molar-refractivity contribution in [3.63, 3.8) is 0 Å². The van der Waals surface area contributed by atoms with E-state index in [0.717, 1.165) is 12.2 Å². The number of hydrogen-bond acceptors (Lipinski definition) is 6. The van der Waals surface area contributed by atoms with Crippen LogP contribution in [0.15, 0.2) is 0 Å². The minimum absolute atomic E-state index is 0.213. The van der Waals surface area contributed by atoms with Gasteiger partial charge in [0, 0.05) is 12.2 Å². The molecule has 0 aliphatic heterocycles. The number of rotatable bonds is 8. The third-order valence-corrected chi connectivity index (χ3v) is 2.96. The first-order chi connectivity index (χ1) is 7.61. The Bertz CT molecular complexity index is 223. The van der Waals surface area contributed by atoms with Gasteiger partial charge in [-0.15, -0.1) is 0 Å². The van der Waals surface area contributed by atoms with Gasteiger partial charge in [0.05, 0.1) is 13.7 Å². The van der Waals surface area contributed by atoms with Gasteiger partial charge in [0.2, 0.25) is 0 Å². The van der Waals surface area contributed by atoms with Gasteiger partial charge in [-0.05, 0) is 19.1 Å². The van der Waals surface area contributed by atoms with Gasteiger partial charge in [0.25, 0.3) is 0 Å². The van der Waals surface area contributed by atoms with Crippen molar-refractivity contribution in [2.75, 3.05) is 25.2 Å². The Morgan fingerprint density at radius 3 is 2.69 bits per heavy atom. The summed E-state index contributed by atoms with van der Waals surface area (Å²) in [7, 11) is 1.37. The lowest BCUT2D eigenvalue weighted by Crippen LogP contribution is -2.34. The first-order valence-electron chi connectivity index (χ1n) is 5.18. The number of carbonyl (C=O) groups is 2. The van der Waals surface area contributed by atoms with Gasteiger partial charge < -0.3 is 15.2 Å². The maximum atomic E-state index is 11.1. The molecule has 0 radical (unpaired) electrons. The normalized spacial score (nSPS) is 11.9. The summed E-state index contributed by atoms with van der Waals surface area (Å²) in [6, 6.07) is -0.580. The second kappa shape index (κ2) is 9.47. The third kappa shape index (κ3) is 7.53. The number of esters is 2. The van der Waals surface area contributed by atoms with Crippen LogP contribution in [-0.2, 0) is 19.1 Å². The van der Waals surface area contributed by atoms with Crippen LogP contribution >= 0.6 is 11.8 Å². The van der Waals surface area contributed by atoms with Gasteiger partial charge in [-0.2, -0.15) is 11.8 Å². The Balaban J connectivity index is 3.44. The van der Waals surface area contributed by atoms with Crippen LogP contribution in [0, 0.1) is 0 Å². The summed E-state index contributed by atoms with van der Waals surface area (Å²) in [6.07, 6.45) is 1.13. The molecule has 0 saturated heterocycles. The number of methoxy groups -OCH3 is 1. The lowest BCUT2D eigenvalue weighted by Gasteiger charge is -2.09. The summed E-state index contributed by atoms with van der Waals surface area (Å²) < 4.78 is 9.27. The average molecular weight is 249 g/mol. The molecule has 0 spiro atoms. The number of nitrogens with two attached hydrogens (primary N) is 1. The molecule has 0 aliphatic rings. The fraction of sp³-hybridized carbons (Fsp3) is 0.800. The van der Waals surface area contributed by atoms with Crippen molar-refractivity contribution in [2.24, 2.45) is 5.73 Å². The van der Waals surface area contributed by atoms with Crippen LogP contribution in [0.4, 0.5) is 0 Å². The molecule has 0 bridgehead atoms. The van der Waals surface area contributed by atoms with Crippen molar-refractivity contribution in [3.8, 4) is 0 Å². The van der Waals surface area contributed by atoms with E-state index in [1.165, 1.54) is 18.9 Å². The second-order valence-electron chi connectivity index (χ2n) is 3.11. The molecule has 0 aromatic carbocycles. The average Bonchev–Trinajstić information content (AvgIpc) is 2.28. The Hall–Kier alpha value is -0.750. The summed E-state index contributed by atoms with van der Waals surface area (Å²) in [5, 5.41) is 0. The molecule has 1 unspecified atom stereocenters. The van der Waals surface area contributed by atoms with E-state index in [1.807, 2.05) is 0 Å². The van der Waals surface area contributed by atoms with Crippen LogP contribution in [0.1, 0.15) is 19.8 Å². The molecule has 1 atom stereocenters. The minimum Gasteiger partial charge on any atom is -0.469 e. The van der Waals surface area contributed by atoms with Crippen molar-refractivity contribution in [1.82, 2.24) is 0 Å². The van der Waals surface area contributed by atoms with Crippen LogP contribution in [-0.4, -0.2) is 43.2 Å². The maximum absolute atomic E-state index is 11.1. The molecule has 5 nitrogen and oxygen atoms in total. The SMILES string of the molecule is CCOC(=O)C(N)CSCCCC(=O)OC. The standard InChI is InChI=1S/C10H19NO4S/c1-3-15-10(13)8(11)7-16-6-4-5-9(12)14-2/h8H,3-7,11H2,1-2H3. The van der Waals surface area contributed by atoms with E-state index in [1.54, 1.807) is 6.92 Å². The highest BCUT2D eigenvalue weighted by Crippen LogP contribution is 2.07. The van der Waals surface area contributed by atoms with E-state index in [9.17, 15) is 9.59 Å². The van der Waals surface area contributed by atoms with E-state index >= 15 is 0 Å². The van der Waals surface area contributed by atoms with E-state index in [-0.39, 0.29) is 11.9 Å². The highest BCUT2D eigenvalue weighted by molar-refractivity contribution is 7.99. The molecule has 6 heteroatoms. The molecule has 0 amide bonds. The summed E-state index contributed by atoms with van der Waals surface area (Å²) in [5.74, 6) is 0.709. The van der Waals surface area contributed by atoms with Gasteiger partial charge in [0.15, 0.2) is 0 Å². The van der Waals surface area contributed by atoms with Gasteiger partial charge in [-0.1, -0.05) is 0 Å². The van der Waals surface area contributed by atoms with Crippen molar-refractivity contribution < 1.29 is 19.1 Å². The highest BCUT2D eigenvalue weighted by Gasteiger charge is 2.13. The van der Waals surface area contributed by atoms with Gasteiger partial charge in [-0.25, -0.2) is 0 Å². The Labute approximate surface area is 100 Å². The van der Waals surface area contributed by atoms with Crippen molar-refractivity contribution >= 4 is 23.7 Å². The van der Waals surface area contributed by atoms with Crippen LogP contribution < -0.4 is 5.73 Å². The van der Waals surface area contributed by atoms with Crippen molar-refractivity contribution in [2.45, 2.75) is 25.8 Å². The molecule has 0 aliphatic carbocycles. The van der Waals surface area contributed by atoms with Gasteiger partial charge in [0.1, 0.15) is 6.04 Å².